The Morgan fingerprint density at radius 1 is 1.75 bits per heavy atom. The third-order valence-corrected chi connectivity index (χ3v) is 1.47. The smallest absolute Gasteiger partial charge is 0.345 e. The van der Waals surface area contributed by atoms with Crippen molar-refractivity contribution in [1.29, 1.82) is 0 Å². The van der Waals surface area contributed by atoms with Gasteiger partial charge in [0, 0.05) is 6.07 Å². The Bertz CT molecular complexity index is 288. The highest BCUT2D eigenvalue weighted by Crippen LogP contribution is 1.97. The topological polar surface area (TPSA) is 30.2 Å². The van der Waals surface area contributed by atoms with Crippen molar-refractivity contribution < 1.29 is 14.1 Å². The van der Waals surface area contributed by atoms with Gasteiger partial charge in [-0.05, 0) is 6.07 Å². The van der Waals surface area contributed by atoms with Crippen LogP contribution in [0.3, 0.4) is 0 Å². The molecule has 0 radical (unpaired) electrons. The van der Waals surface area contributed by atoms with E-state index in [-0.39, 0.29) is 6.07 Å². The van der Waals surface area contributed by atoms with Crippen molar-refractivity contribution in [3.8, 4) is 0 Å². The molecule has 3 nitrogen and oxygen atoms in total. The van der Waals surface area contributed by atoms with E-state index in [4.69, 9.17) is 11.6 Å². The van der Waals surface area contributed by atoms with Crippen LogP contribution in [-0.4, -0.2) is 12.0 Å². The number of esters is 1. The molecular weight excluding hydrogens is 178 g/mol. The van der Waals surface area contributed by atoms with Crippen LogP contribution in [0, 0.1) is 0 Å². The lowest BCUT2D eigenvalue weighted by atomic mass is 10.3. The Morgan fingerprint density at radius 2 is 2.50 bits per heavy atom. The fourth-order valence-electron chi connectivity index (χ4n) is 0.842. The molecule has 1 rings (SSSR count). The standard InChI is InChI=1S/C8H9ClNO2/c1-10-4-2-3-7(5-10)8(11)12-6-9/h2-5H,6H2,1H3/q+1. The number of halogens is 1. The summed E-state index contributed by atoms with van der Waals surface area (Å²) in [6.07, 6.45) is 3.51. The minimum Gasteiger partial charge on any atom is -0.446 e. The third-order valence-electron chi connectivity index (χ3n) is 1.36. The van der Waals surface area contributed by atoms with Crippen LogP contribution in [-0.2, 0) is 11.8 Å². The minimum absolute atomic E-state index is 0.114. The van der Waals surface area contributed by atoms with Crippen molar-refractivity contribution in [3.05, 3.63) is 30.1 Å². The number of carbonyl (C=O) groups excluding carboxylic acids is 1. The molecule has 0 saturated carbocycles. The number of pyridine rings is 1. The largest absolute Gasteiger partial charge is 0.446 e. The molecule has 4 heteroatoms. The van der Waals surface area contributed by atoms with Crippen molar-refractivity contribution in [2.45, 2.75) is 0 Å². The van der Waals surface area contributed by atoms with Gasteiger partial charge in [-0.1, -0.05) is 11.6 Å². The number of hydrogen-bond donors (Lipinski definition) is 0. The summed E-state index contributed by atoms with van der Waals surface area (Å²) >= 11 is 5.24. The first kappa shape index (κ1) is 9.00. The maximum Gasteiger partial charge on any atom is 0.345 e. The predicted molar refractivity (Wildman–Crippen MR) is 43.8 cm³/mol. The van der Waals surface area contributed by atoms with E-state index < -0.39 is 5.97 Å². The van der Waals surface area contributed by atoms with Gasteiger partial charge in [-0.3, -0.25) is 0 Å². The van der Waals surface area contributed by atoms with Gasteiger partial charge in [0.1, 0.15) is 12.6 Å². The highest BCUT2D eigenvalue weighted by molar-refractivity contribution is 6.17. The third kappa shape index (κ3) is 2.20. The van der Waals surface area contributed by atoms with Gasteiger partial charge >= 0.3 is 5.97 Å². The second-order valence-corrected chi connectivity index (χ2v) is 2.52. The molecule has 0 aliphatic rings. The Balaban J connectivity index is 2.81. The lowest BCUT2D eigenvalue weighted by molar-refractivity contribution is -0.671. The summed E-state index contributed by atoms with van der Waals surface area (Å²) in [5, 5.41) is 0. The lowest BCUT2D eigenvalue weighted by Gasteiger charge is -1.97. The van der Waals surface area contributed by atoms with E-state index in [9.17, 15) is 4.79 Å². The van der Waals surface area contributed by atoms with Crippen molar-refractivity contribution in [1.82, 2.24) is 0 Å². The Hall–Kier alpha value is -1.09. The average molecular weight is 187 g/mol. The summed E-state index contributed by atoms with van der Waals surface area (Å²) in [6.45, 7) is 0. The molecule has 0 aliphatic heterocycles. The number of alkyl halides is 1. The number of aryl methyl sites for hydroxylation is 1. The van der Waals surface area contributed by atoms with Gasteiger partial charge < -0.3 is 4.74 Å². The van der Waals surface area contributed by atoms with Crippen LogP contribution < -0.4 is 4.57 Å². The monoisotopic (exact) mass is 186 g/mol. The van der Waals surface area contributed by atoms with Gasteiger partial charge in [0.2, 0.25) is 0 Å². The molecule has 1 aromatic heterocycles. The van der Waals surface area contributed by atoms with Gasteiger partial charge in [0.25, 0.3) is 0 Å². The van der Waals surface area contributed by atoms with E-state index in [1.54, 1.807) is 22.9 Å². The van der Waals surface area contributed by atoms with E-state index in [0.29, 0.717) is 5.56 Å². The van der Waals surface area contributed by atoms with Crippen LogP contribution in [0.25, 0.3) is 0 Å². The summed E-state index contributed by atoms with van der Waals surface area (Å²) in [6, 6.07) is 3.33. The van der Waals surface area contributed by atoms with Crippen LogP contribution in [0.1, 0.15) is 10.4 Å². The van der Waals surface area contributed by atoms with Crippen molar-refractivity contribution in [2.24, 2.45) is 7.05 Å². The molecule has 64 valence electrons. The zero-order valence-corrected chi connectivity index (χ0v) is 7.41. The zero-order valence-electron chi connectivity index (χ0n) is 6.66. The second kappa shape index (κ2) is 4.07. The summed E-state index contributed by atoms with van der Waals surface area (Å²) in [4.78, 5) is 11.1. The minimum atomic E-state index is -0.402. The number of ether oxygens (including phenoxy) is 1. The Morgan fingerprint density at radius 3 is 3.08 bits per heavy atom. The molecule has 0 spiro atoms. The van der Waals surface area contributed by atoms with Crippen LogP contribution in [0.5, 0.6) is 0 Å². The molecule has 0 bridgehead atoms. The lowest BCUT2D eigenvalue weighted by Crippen LogP contribution is -2.28. The molecule has 0 aliphatic carbocycles. The van der Waals surface area contributed by atoms with Crippen molar-refractivity contribution in [2.75, 3.05) is 6.07 Å². The number of rotatable bonds is 2. The molecule has 12 heavy (non-hydrogen) atoms. The molecule has 0 N–H and O–H groups in total. The maximum absolute atomic E-state index is 11.1. The molecular formula is C8H9ClNO2+. The van der Waals surface area contributed by atoms with Crippen LogP contribution in [0.15, 0.2) is 24.5 Å². The van der Waals surface area contributed by atoms with Crippen LogP contribution >= 0.6 is 11.6 Å². The van der Waals surface area contributed by atoms with Gasteiger partial charge in [0.05, 0.1) is 0 Å². The summed E-state index contributed by atoms with van der Waals surface area (Å²) in [7, 11) is 1.83. The van der Waals surface area contributed by atoms with Gasteiger partial charge in [-0.15, -0.1) is 0 Å². The Labute approximate surface area is 75.5 Å². The number of carbonyl (C=O) groups is 1. The summed E-state index contributed by atoms with van der Waals surface area (Å²) in [5.41, 5.74) is 0.501. The van der Waals surface area contributed by atoms with Gasteiger partial charge in [0.15, 0.2) is 18.5 Å². The van der Waals surface area contributed by atoms with E-state index in [0.717, 1.165) is 0 Å². The first-order valence-electron chi connectivity index (χ1n) is 3.42. The molecule has 1 aromatic rings. The first-order chi connectivity index (χ1) is 5.74. The SMILES string of the molecule is C[n+]1cccc(C(=O)OCCl)c1. The fourth-order valence-corrected chi connectivity index (χ4v) is 0.941. The first-order valence-corrected chi connectivity index (χ1v) is 3.96. The zero-order chi connectivity index (χ0) is 8.97. The van der Waals surface area contributed by atoms with Crippen LogP contribution in [0.4, 0.5) is 0 Å². The van der Waals surface area contributed by atoms with Gasteiger partial charge in [-0.2, -0.15) is 0 Å². The van der Waals surface area contributed by atoms with E-state index in [2.05, 4.69) is 4.74 Å². The quantitative estimate of drug-likeness (QED) is 0.390. The van der Waals surface area contributed by atoms with Gasteiger partial charge in [-0.25, -0.2) is 9.36 Å². The normalized spacial score (nSPS) is 9.50. The molecule has 0 aromatic carbocycles. The molecule has 0 unspecified atom stereocenters. The molecule has 0 saturated heterocycles. The highest BCUT2D eigenvalue weighted by Gasteiger charge is 2.08. The predicted octanol–water partition coefficient (Wildman–Crippen LogP) is 0.864. The molecule has 0 atom stereocenters. The maximum atomic E-state index is 11.1. The average Bonchev–Trinajstić information content (AvgIpc) is 2.05. The molecule has 0 amide bonds. The van der Waals surface area contributed by atoms with Crippen LogP contribution in [0.2, 0.25) is 0 Å². The van der Waals surface area contributed by atoms with E-state index in [1.165, 1.54) is 0 Å². The molecule has 0 fully saturated rings. The Kier molecular flexibility index (Phi) is 3.05. The second-order valence-electron chi connectivity index (χ2n) is 2.30. The number of aromatic nitrogens is 1. The highest BCUT2D eigenvalue weighted by atomic mass is 35.5. The number of nitrogens with zero attached hydrogens (tertiary/aromatic N) is 1. The van der Waals surface area contributed by atoms with Crippen molar-refractivity contribution in [3.63, 3.8) is 0 Å². The summed E-state index contributed by atoms with van der Waals surface area (Å²) < 4.78 is 6.36. The van der Waals surface area contributed by atoms with Crippen molar-refractivity contribution >= 4 is 17.6 Å². The molecule has 1 heterocycles. The van der Waals surface area contributed by atoms with E-state index >= 15 is 0 Å². The fraction of sp³-hybridized carbons (Fsp3) is 0.250. The summed E-state index contributed by atoms with van der Waals surface area (Å²) in [5.74, 6) is -0.402. The van der Waals surface area contributed by atoms with E-state index in [1.807, 2.05) is 13.2 Å². The number of hydrogen-bond acceptors (Lipinski definition) is 2.